The molecule has 5 aliphatic rings. The van der Waals surface area contributed by atoms with Gasteiger partial charge in [-0.05, 0) is 87.7 Å². The third-order valence-corrected chi connectivity index (χ3v) is 8.24. The van der Waals surface area contributed by atoms with Gasteiger partial charge in [0.15, 0.2) is 5.78 Å². The van der Waals surface area contributed by atoms with Gasteiger partial charge in [-0.3, -0.25) is 4.79 Å². The van der Waals surface area contributed by atoms with Gasteiger partial charge in [0.2, 0.25) is 5.95 Å². The Morgan fingerprint density at radius 3 is 2.52 bits per heavy atom. The minimum Gasteiger partial charge on any atom is -0.493 e. The number of aromatic nitrogens is 2. The van der Waals surface area contributed by atoms with Crippen LogP contribution in [0.2, 0.25) is 0 Å². The number of hydrogen-bond donors (Lipinski definition) is 1. The van der Waals surface area contributed by atoms with Crippen LogP contribution < -0.4 is 10.1 Å². The van der Waals surface area contributed by atoms with Gasteiger partial charge in [-0.2, -0.15) is 5.26 Å². The summed E-state index contributed by atoms with van der Waals surface area (Å²) in [6.07, 6.45) is 13.0. The number of ether oxygens (including phenoxy) is 1. The van der Waals surface area contributed by atoms with Crippen molar-refractivity contribution in [3.8, 4) is 11.8 Å². The van der Waals surface area contributed by atoms with E-state index >= 15 is 0 Å². The summed E-state index contributed by atoms with van der Waals surface area (Å²) in [5.74, 6) is 3.96. The van der Waals surface area contributed by atoms with Crippen LogP contribution in [0.15, 0.2) is 24.4 Å². The first-order valence-electron chi connectivity index (χ1n) is 12.4. The molecule has 0 unspecified atom stereocenters. The fourth-order valence-electron chi connectivity index (χ4n) is 7.26. The van der Waals surface area contributed by atoms with Gasteiger partial charge in [0.1, 0.15) is 5.75 Å². The Labute approximate surface area is 194 Å². The van der Waals surface area contributed by atoms with E-state index in [4.69, 9.17) is 4.74 Å². The van der Waals surface area contributed by atoms with Crippen LogP contribution in [0, 0.1) is 34.5 Å². The summed E-state index contributed by atoms with van der Waals surface area (Å²) < 4.78 is 6.36. The number of anilines is 2. The molecule has 0 radical (unpaired) electrons. The zero-order valence-electron chi connectivity index (χ0n) is 19.0. The smallest absolute Gasteiger partial charge is 0.227 e. The summed E-state index contributed by atoms with van der Waals surface area (Å²) in [4.78, 5) is 21.2. The number of fused-ring (bicyclic) bond motifs is 1. The predicted octanol–water partition coefficient (Wildman–Crippen LogP) is 5.60. The van der Waals surface area contributed by atoms with Gasteiger partial charge < -0.3 is 10.1 Å². The molecule has 1 aromatic heterocycles. The molecule has 1 heterocycles. The molecule has 33 heavy (non-hydrogen) atoms. The van der Waals surface area contributed by atoms with Gasteiger partial charge in [0.25, 0.3) is 0 Å². The van der Waals surface area contributed by atoms with Crippen LogP contribution in [-0.4, -0.2) is 22.4 Å². The van der Waals surface area contributed by atoms with E-state index in [-0.39, 0.29) is 5.78 Å². The molecule has 5 aliphatic carbocycles. The Hall–Kier alpha value is -2.94. The van der Waals surface area contributed by atoms with Gasteiger partial charge in [0.05, 0.1) is 29.5 Å². The summed E-state index contributed by atoms with van der Waals surface area (Å²) in [5.41, 5.74) is 3.05. The standard InChI is InChI=1S/C27H30N4O2/c28-14-20-8-21(30-26-29-15-23-24(31-26)3-1-2-4-25(23)32)10-22(9-20)33-16-27-11-17-5-18(12-27)7-19(6-17)13-27/h8-10,15,17-19H,1-7,11-13,16H2,(H,29,30,31). The predicted molar refractivity (Wildman–Crippen MR) is 124 cm³/mol. The highest BCUT2D eigenvalue weighted by atomic mass is 16.5. The second-order valence-electron chi connectivity index (χ2n) is 10.9. The second kappa shape index (κ2) is 8.13. The van der Waals surface area contributed by atoms with Crippen molar-refractivity contribution in [3.63, 3.8) is 0 Å². The topological polar surface area (TPSA) is 87.9 Å². The third kappa shape index (κ3) is 4.10. The number of nitrogens with zero attached hydrogens (tertiary/aromatic N) is 3. The maximum atomic E-state index is 12.3. The Morgan fingerprint density at radius 1 is 1.06 bits per heavy atom. The molecule has 4 bridgehead atoms. The van der Waals surface area contributed by atoms with Crippen LogP contribution >= 0.6 is 0 Å². The lowest BCUT2D eigenvalue weighted by Gasteiger charge is -2.56. The van der Waals surface area contributed by atoms with Crippen molar-refractivity contribution in [1.29, 1.82) is 5.26 Å². The van der Waals surface area contributed by atoms with E-state index in [2.05, 4.69) is 21.4 Å². The molecule has 4 saturated carbocycles. The van der Waals surface area contributed by atoms with Gasteiger partial charge in [-0.1, -0.05) is 0 Å². The number of carbonyl (C=O) groups excluding carboxylic acids is 1. The molecule has 0 spiro atoms. The Morgan fingerprint density at radius 2 is 1.79 bits per heavy atom. The maximum Gasteiger partial charge on any atom is 0.227 e. The molecule has 4 fully saturated rings. The van der Waals surface area contributed by atoms with E-state index in [0.717, 1.165) is 60.8 Å². The monoisotopic (exact) mass is 442 g/mol. The second-order valence-corrected chi connectivity index (χ2v) is 10.9. The van der Waals surface area contributed by atoms with E-state index in [1.54, 1.807) is 12.3 Å². The average Bonchev–Trinajstić information content (AvgIpc) is 2.98. The summed E-state index contributed by atoms with van der Waals surface area (Å²) in [6, 6.07) is 7.79. The quantitative estimate of drug-likeness (QED) is 0.607. The van der Waals surface area contributed by atoms with Crippen molar-refractivity contribution in [2.24, 2.45) is 23.2 Å². The molecule has 1 aromatic carbocycles. The zero-order valence-corrected chi connectivity index (χ0v) is 19.0. The first kappa shape index (κ1) is 20.7. The Balaban J connectivity index is 1.20. The van der Waals surface area contributed by atoms with Crippen LogP contribution in [0.4, 0.5) is 11.6 Å². The van der Waals surface area contributed by atoms with Crippen molar-refractivity contribution < 1.29 is 9.53 Å². The normalized spacial score (nSPS) is 29.8. The van der Waals surface area contributed by atoms with Crippen LogP contribution in [0.5, 0.6) is 5.75 Å². The van der Waals surface area contributed by atoms with Crippen LogP contribution in [0.3, 0.4) is 0 Å². The average molecular weight is 443 g/mol. The lowest BCUT2D eigenvalue weighted by atomic mass is 9.50. The lowest BCUT2D eigenvalue weighted by Crippen LogP contribution is -2.48. The maximum absolute atomic E-state index is 12.3. The number of benzene rings is 1. The fourth-order valence-corrected chi connectivity index (χ4v) is 7.26. The van der Waals surface area contributed by atoms with E-state index in [1.807, 2.05) is 12.1 Å². The number of carbonyl (C=O) groups is 1. The van der Waals surface area contributed by atoms with Crippen molar-refractivity contribution in [1.82, 2.24) is 9.97 Å². The van der Waals surface area contributed by atoms with E-state index < -0.39 is 0 Å². The number of aryl methyl sites for hydroxylation is 1. The summed E-state index contributed by atoms with van der Waals surface area (Å²) >= 11 is 0. The van der Waals surface area contributed by atoms with Crippen LogP contribution in [-0.2, 0) is 6.42 Å². The minimum atomic E-state index is 0.126. The van der Waals surface area contributed by atoms with E-state index in [1.165, 1.54) is 38.5 Å². The van der Waals surface area contributed by atoms with Crippen molar-refractivity contribution in [2.75, 3.05) is 11.9 Å². The zero-order chi connectivity index (χ0) is 22.4. The molecule has 0 amide bonds. The number of rotatable bonds is 5. The summed E-state index contributed by atoms with van der Waals surface area (Å²) in [7, 11) is 0. The number of ketones is 1. The van der Waals surface area contributed by atoms with Gasteiger partial charge >= 0.3 is 0 Å². The molecule has 0 aliphatic heterocycles. The molecular formula is C27H30N4O2. The Kier molecular flexibility index (Phi) is 5.09. The van der Waals surface area contributed by atoms with Crippen molar-refractivity contribution in [3.05, 3.63) is 41.2 Å². The molecule has 6 nitrogen and oxygen atoms in total. The third-order valence-electron chi connectivity index (χ3n) is 8.24. The molecule has 7 rings (SSSR count). The largest absolute Gasteiger partial charge is 0.493 e. The molecule has 1 N–H and O–H groups in total. The van der Waals surface area contributed by atoms with Gasteiger partial charge in [-0.25, -0.2) is 9.97 Å². The lowest BCUT2D eigenvalue weighted by molar-refractivity contribution is -0.0745. The van der Waals surface area contributed by atoms with Crippen molar-refractivity contribution in [2.45, 2.75) is 64.2 Å². The molecule has 170 valence electrons. The van der Waals surface area contributed by atoms with Crippen molar-refractivity contribution >= 4 is 17.4 Å². The summed E-state index contributed by atoms with van der Waals surface area (Å²) in [6.45, 7) is 0.738. The van der Waals surface area contributed by atoms with Gasteiger partial charge in [-0.15, -0.1) is 0 Å². The first-order valence-corrected chi connectivity index (χ1v) is 12.4. The highest BCUT2D eigenvalue weighted by molar-refractivity contribution is 5.97. The highest BCUT2D eigenvalue weighted by Gasteiger charge is 2.51. The fraction of sp³-hybridized carbons (Fsp3) is 0.556. The van der Waals surface area contributed by atoms with Crippen LogP contribution in [0.25, 0.3) is 0 Å². The SMILES string of the molecule is N#Cc1cc(Nc2ncc3c(n2)CCCCC3=O)cc(OCC23CC4CC(CC(C4)C2)C3)c1. The molecule has 2 aromatic rings. The van der Waals surface area contributed by atoms with E-state index in [0.29, 0.717) is 28.9 Å². The molecule has 0 saturated heterocycles. The number of nitriles is 1. The first-order chi connectivity index (χ1) is 16.1. The number of hydrogen-bond acceptors (Lipinski definition) is 6. The number of Topliss-reactive ketones (excluding diaryl/α,β-unsaturated/α-hetero) is 1. The molecule has 6 heteroatoms. The van der Waals surface area contributed by atoms with Crippen LogP contribution in [0.1, 0.15) is 79.4 Å². The minimum absolute atomic E-state index is 0.126. The molecular weight excluding hydrogens is 412 g/mol. The number of nitrogens with one attached hydrogen (secondary N) is 1. The molecule has 0 atom stereocenters. The highest BCUT2D eigenvalue weighted by Crippen LogP contribution is 2.60. The summed E-state index contributed by atoms with van der Waals surface area (Å²) in [5, 5.41) is 12.8. The van der Waals surface area contributed by atoms with Gasteiger partial charge in [0, 0.05) is 29.8 Å². The Bertz CT molecular complexity index is 1100. The van der Waals surface area contributed by atoms with E-state index in [9.17, 15) is 10.1 Å².